The van der Waals surface area contributed by atoms with Crippen LogP contribution in [0.4, 0.5) is 0 Å². The predicted octanol–water partition coefficient (Wildman–Crippen LogP) is 4.21. The Kier molecular flexibility index (Phi) is 6.58. The molecule has 2 aromatic rings. The number of aliphatic carboxylic acids is 1. The van der Waals surface area contributed by atoms with Crippen LogP contribution in [0.25, 0.3) is 0 Å². The molecule has 1 N–H and O–H groups in total. The van der Waals surface area contributed by atoms with E-state index in [0.29, 0.717) is 18.1 Å². The molecule has 2 aromatic carbocycles. The second kappa shape index (κ2) is 8.67. The molecule has 6 heteroatoms. The van der Waals surface area contributed by atoms with Crippen molar-refractivity contribution in [1.29, 1.82) is 0 Å². The minimum absolute atomic E-state index is 0.490. The van der Waals surface area contributed by atoms with Crippen LogP contribution in [0.1, 0.15) is 19.4 Å². The maximum atomic E-state index is 11.1. The summed E-state index contributed by atoms with van der Waals surface area (Å²) in [5.74, 6) is 1.02. The lowest BCUT2D eigenvalue weighted by Crippen LogP contribution is -2.37. The minimum Gasteiger partial charge on any atom is -0.493 e. The summed E-state index contributed by atoms with van der Waals surface area (Å²) in [5, 5.41) is 9.07. The standard InChI is InChI=1S/C19H22O5S/c1-19(2,18(20)21)23-16-10-8-15(9-11-16)22-13-12-14-4-6-17(7-5-14)24-25-3/h4-11H,12-13H2,1-3H3,(H,20,21). The van der Waals surface area contributed by atoms with Gasteiger partial charge < -0.3 is 18.8 Å². The first-order valence-corrected chi connectivity index (χ1v) is 9.00. The van der Waals surface area contributed by atoms with Gasteiger partial charge in [0.25, 0.3) is 0 Å². The Balaban J connectivity index is 1.82. The van der Waals surface area contributed by atoms with Crippen LogP contribution in [-0.2, 0) is 11.2 Å². The highest BCUT2D eigenvalue weighted by atomic mass is 32.2. The molecule has 0 bridgehead atoms. The molecule has 5 nitrogen and oxygen atoms in total. The molecule has 0 atom stereocenters. The molecule has 0 fully saturated rings. The molecule has 0 aromatic heterocycles. The van der Waals surface area contributed by atoms with Gasteiger partial charge in [0.1, 0.15) is 17.2 Å². The van der Waals surface area contributed by atoms with Gasteiger partial charge in [0.15, 0.2) is 5.60 Å². The zero-order valence-electron chi connectivity index (χ0n) is 14.5. The Morgan fingerprint density at radius 3 is 2.12 bits per heavy atom. The topological polar surface area (TPSA) is 65.0 Å². The van der Waals surface area contributed by atoms with E-state index in [-0.39, 0.29) is 0 Å². The van der Waals surface area contributed by atoms with Gasteiger partial charge in [-0.2, -0.15) is 0 Å². The monoisotopic (exact) mass is 362 g/mol. The molecular weight excluding hydrogens is 340 g/mol. The zero-order valence-corrected chi connectivity index (χ0v) is 15.3. The number of benzene rings is 2. The highest BCUT2D eigenvalue weighted by molar-refractivity contribution is 7.94. The lowest BCUT2D eigenvalue weighted by molar-refractivity contribution is -0.152. The summed E-state index contributed by atoms with van der Waals surface area (Å²) in [5.41, 5.74) is -0.106. The Morgan fingerprint density at radius 1 is 1.00 bits per heavy atom. The molecule has 134 valence electrons. The van der Waals surface area contributed by atoms with E-state index in [0.717, 1.165) is 17.7 Å². The molecule has 0 radical (unpaired) electrons. The Morgan fingerprint density at radius 2 is 1.56 bits per heavy atom. The van der Waals surface area contributed by atoms with Crippen LogP contribution in [0.15, 0.2) is 48.5 Å². The third-order valence-corrected chi connectivity index (χ3v) is 3.83. The number of carbonyl (C=O) groups is 1. The molecule has 0 aliphatic carbocycles. The van der Waals surface area contributed by atoms with Crippen molar-refractivity contribution in [2.75, 3.05) is 12.9 Å². The van der Waals surface area contributed by atoms with Gasteiger partial charge in [-0.15, -0.1) is 0 Å². The van der Waals surface area contributed by atoms with Crippen molar-refractivity contribution in [2.24, 2.45) is 0 Å². The highest BCUT2D eigenvalue weighted by Crippen LogP contribution is 2.22. The summed E-state index contributed by atoms with van der Waals surface area (Å²) in [6.07, 6.45) is 2.66. The number of rotatable bonds is 9. The van der Waals surface area contributed by atoms with Crippen molar-refractivity contribution < 1.29 is 23.6 Å². The van der Waals surface area contributed by atoms with E-state index in [1.165, 1.54) is 25.9 Å². The van der Waals surface area contributed by atoms with Gasteiger partial charge in [0.05, 0.1) is 18.6 Å². The highest BCUT2D eigenvalue weighted by Gasteiger charge is 2.29. The number of hydrogen-bond donors (Lipinski definition) is 1. The van der Waals surface area contributed by atoms with Gasteiger partial charge >= 0.3 is 5.97 Å². The van der Waals surface area contributed by atoms with Crippen LogP contribution < -0.4 is 13.7 Å². The van der Waals surface area contributed by atoms with Crippen molar-refractivity contribution in [3.05, 3.63) is 54.1 Å². The van der Waals surface area contributed by atoms with Gasteiger partial charge in [-0.3, -0.25) is 0 Å². The second-order valence-electron chi connectivity index (χ2n) is 5.88. The summed E-state index contributed by atoms with van der Waals surface area (Å²) in [6.45, 7) is 3.56. The van der Waals surface area contributed by atoms with Crippen LogP contribution in [0.5, 0.6) is 17.2 Å². The van der Waals surface area contributed by atoms with E-state index < -0.39 is 11.6 Å². The Labute approximate surface area is 152 Å². The molecule has 0 aliphatic heterocycles. The van der Waals surface area contributed by atoms with E-state index in [9.17, 15) is 4.79 Å². The quantitative estimate of drug-likeness (QED) is 0.674. The van der Waals surface area contributed by atoms with Crippen molar-refractivity contribution in [3.8, 4) is 17.2 Å². The molecule has 0 saturated heterocycles. The first kappa shape index (κ1) is 19.0. The van der Waals surface area contributed by atoms with Gasteiger partial charge in [-0.25, -0.2) is 4.79 Å². The third kappa shape index (κ3) is 5.90. The van der Waals surface area contributed by atoms with Gasteiger partial charge in [-0.05, 0) is 55.8 Å². The first-order chi connectivity index (χ1) is 11.9. The molecule has 2 rings (SSSR count). The molecule has 0 spiro atoms. The van der Waals surface area contributed by atoms with Gasteiger partial charge in [-0.1, -0.05) is 12.1 Å². The van der Waals surface area contributed by atoms with Crippen molar-refractivity contribution in [3.63, 3.8) is 0 Å². The average molecular weight is 362 g/mol. The summed E-state index contributed by atoms with van der Waals surface area (Å²) < 4.78 is 16.5. The number of ether oxygens (including phenoxy) is 2. The third-order valence-electron chi connectivity index (χ3n) is 3.47. The maximum Gasteiger partial charge on any atom is 0.347 e. The van der Waals surface area contributed by atoms with E-state index in [2.05, 4.69) is 0 Å². The van der Waals surface area contributed by atoms with E-state index in [1.807, 2.05) is 30.5 Å². The van der Waals surface area contributed by atoms with Crippen molar-refractivity contribution >= 4 is 18.0 Å². The molecule has 0 aliphatic rings. The van der Waals surface area contributed by atoms with E-state index in [1.54, 1.807) is 24.3 Å². The fourth-order valence-corrected chi connectivity index (χ4v) is 2.34. The fourth-order valence-electron chi connectivity index (χ4n) is 2.04. The number of carboxylic acid groups (broad SMARTS) is 1. The molecular formula is C19H22O5S. The summed E-state index contributed by atoms with van der Waals surface area (Å²) in [7, 11) is 0. The number of carboxylic acids is 1. The molecule has 25 heavy (non-hydrogen) atoms. The molecule has 0 heterocycles. The lowest BCUT2D eigenvalue weighted by atomic mass is 10.1. The first-order valence-electron chi connectivity index (χ1n) is 7.85. The van der Waals surface area contributed by atoms with Gasteiger partial charge in [0, 0.05) is 12.7 Å². The van der Waals surface area contributed by atoms with Crippen LogP contribution in [-0.4, -0.2) is 29.5 Å². The predicted molar refractivity (Wildman–Crippen MR) is 98.6 cm³/mol. The van der Waals surface area contributed by atoms with E-state index in [4.69, 9.17) is 18.8 Å². The zero-order chi connectivity index (χ0) is 18.3. The fraction of sp³-hybridized carbons (Fsp3) is 0.316. The summed E-state index contributed by atoms with van der Waals surface area (Å²) in [4.78, 5) is 11.1. The van der Waals surface area contributed by atoms with Crippen LogP contribution in [0, 0.1) is 0 Å². The van der Waals surface area contributed by atoms with Crippen LogP contribution in [0.3, 0.4) is 0 Å². The van der Waals surface area contributed by atoms with Crippen LogP contribution >= 0.6 is 12.0 Å². The van der Waals surface area contributed by atoms with Gasteiger partial charge in [0.2, 0.25) is 0 Å². The molecule has 0 unspecified atom stereocenters. The van der Waals surface area contributed by atoms with Crippen molar-refractivity contribution in [2.45, 2.75) is 25.9 Å². The normalized spacial score (nSPS) is 11.0. The smallest absolute Gasteiger partial charge is 0.347 e. The molecule has 0 saturated carbocycles. The Hall–Kier alpha value is -2.34. The Bertz CT molecular complexity index is 680. The number of hydrogen-bond acceptors (Lipinski definition) is 5. The summed E-state index contributed by atoms with van der Waals surface area (Å²) >= 11 is 1.31. The second-order valence-corrected chi connectivity index (χ2v) is 6.38. The van der Waals surface area contributed by atoms with Crippen molar-refractivity contribution in [1.82, 2.24) is 0 Å². The van der Waals surface area contributed by atoms with E-state index >= 15 is 0 Å². The average Bonchev–Trinajstić information content (AvgIpc) is 2.58. The SMILES string of the molecule is CSOc1ccc(CCOc2ccc(OC(C)(C)C(=O)O)cc2)cc1. The lowest BCUT2D eigenvalue weighted by Gasteiger charge is -2.21. The minimum atomic E-state index is -1.27. The largest absolute Gasteiger partial charge is 0.493 e. The summed E-state index contributed by atoms with van der Waals surface area (Å²) in [6, 6.07) is 14.8. The van der Waals surface area contributed by atoms with Crippen LogP contribution in [0.2, 0.25) is 0 Å². The molecule has 0 amide bonds. The maximum absolute atomic E-state index is 11.1.